The second-order valence-corrected chi connectivity index (χ2v) is 3.61. The zero-order chi connectivity index (χ0) is 12.0. The number of nitrogens with one attached hydrogen (secondary N) is 1. The number of carbonyl (C=O) groups excluding carboxylic acids is 2. The third kappa shape index (κ3) is 3.46. The van der Waals surface area contributed by atoms with E-state index in [1.807, 2.05) is 4.90 Å². The monoisotopic (exact) mass is 230 g/mol. The van der Waals surface area contributed by atoms with E-state index in [0.717, 1.165) is 26.2 Å². The normalized spacial score (nSPS) is 18.9. The van der Waals surface area contributed by atoms with Crippen molar-refractivity contribution in [2.45, 2.75) is 12.5 Å². The third-order valence-corrected chi connectivity index (χ3v) is 2.65. The number of piperazine rings is 1. The number of hydrogen-bond donors (Lipinski definition) is 1. The molecule has 0 amide bonds. The molecule has 1 N–H and O–H groups in total. The van der Waals surface area contributed by atoms with E-state index in [2.05, 4.69) is 10.1 Å². The Bertz CT molecular complexity index is 251. The van der Waals surface area contributed by atoms with Crippen LogP contribution in [0.3, 0.4) is 0 Å². The van der Waals surface area contributed by atoms with E-state index >= 15 is 0 Å². The Hall–Kier alpha value is -1.14. The minimum atomic E-state index is -0.528. The minimum absolute atomic E-state index is 0.0448. The third-order valence-electron chi connectivity index (χ3n) is 2.65. The summed E-state index contributed by atoms with van der Waals surface area (Å²) < 4.78 is 9.28. The van der Waals surface area contributed by atoms with Crippen LogP contribution in [0.1, 0.15) is 6.42 Å². The number of carbonyl (C=O) groups is 2. The Kier molecular flexibility index (Phi) is 5.21. The number of esters is 2. The highest BCUT2D eigenvalue weighted by atomic mass is 16.5. The molecule has 16 heavy (non-hydrogen) atoms. The predicted octanol–water partition coefficient (Wildman–Crippen LogP) is -1.00. The molecule has 0 saturated carbocycles. The Labute approximate surface area is 94.9 Å². The van der Waals surface area contributed by atoms with Gasteiger partial charge in [0.1, 0.15) is 6.04 Å². The van der Waals surface area contributed by atoms with Crippen LogP contribution in [0.4, 0.5) is 0 Å². The van der Waals surface area contributed by atoms with Crippen molar-refractivity contribution in [2.75, 3.05) is 40.4 Å². The zero-order valence-electron chi connectivity index (χ0n) is 9.69. The first-order valence-corrected chi connectivity index (χ1v) is 5.28. The Morgan fingerprint density at radius 1 is 1.25 bits per heavy atom. The molecule has 0 aromatic rings. The molecule has 1 fully saturated rings. The summed E-state index contributed by atoms with van der Waals surface area (Å²) in [5, 5.41) is 3.18. The second-order valence-electron chi connectivity index (χ2n) is 3.61. The summed E-state index contributed by atoms with van der Waals surface area (Å²) >= 11 is 0. The minimum Gasteiger partial charge on any atom is -0.469 e. The van der Waals surface area contributed by atoms with Gasteiger partial charge >= 0.3 is 11.9 Å². The molecule has 6 heteroatoms. The average Bonchev–Trinajstić information content (AvgIpc) is 2.35. The molecule has 0 bridgehead atoms. The number of hydrogen-bond acceptors (Lipinski definition) is 6. The Balaban J connectivity index is 2.61. The van der Waals surface area contributed by atoms with E-state index < -0.39 is 12.0 Å². The van der Waals surface area contributed by atoms with E-state index in [1.165, 1.54) is 14.2 Å². The van der Waals surface area contributed by atoms with Crippen molar-refractivity contribution < 1.29 is 19.1 Å². The predicted molar refractivity (Wildman–Crippen MR) is 56.9 cm³/mol. The van der Waals surface area contributed by atoms with Gasteiger partial charge in [0.05, 0.1) is 20.6 Å². The summed E-state index contributed by atoms with van der Waals surface area (Å²) in [6, 6.07) is -0.528. The first kappa shape index (κ1) is 12.9. The van der Waals surface area contributed by atoms with E-state index in [1.54, 1.807) is 0 Å². The smallest absolute Gasteiger partial charge is 0.323 e. The van der Waals surface area contributed by atoms with Gasteiger partial charge in [0.15, 0.2) is 0 Å². The average molecular weight is 230 g/mol. The fourth-order valence-electron chi connectivity index (χ4n) is 1.73. The molecule has 0 radical (unpaired) electrons. The van der Waals surface area contributed by atoms with Crippen molar-refractivity contribution in [1.82, 2.24) is 10.2 Å². The molecule has 0 aromatic heterocycles. The van der Waals surface area contributed by atoms with Crippen LogP contribution in [-0.4, -0.2) is 63.3 Å². The first-order chi connectivity index (χ1) is 7.69. The van der Waals surface area contributed by atoms with E-state index in [9.17, 15) is 9.59 Å². The van der Waals surface area contributed by atoms with E-state index in [0.29, 0.717) is 0 Å². The molecule has 0 aliphatic carbocycles. The molecule has 1 atom stereocenters. The second kappa shape index (κ2) is 6.44. The summed E-state index contributed by atoms with van der Waals surface area (Å²) in [5.41, 5.74) is 0. The van der Waals surface area contributed by atoms with Gasteiger partial charge in [-0.3, -0.25) is 14.5 Å². The maximum atomic E-state index is 11.6. The summed E-state index contributed by atoms with van der Waals surface area (Å²) in [6.07, 6.45) is 0.0448. The molecular weight excluding hydrogens is 212 g/mol. The first-order valence-electron chi connectivity index (χ1n) is 5.28. The molecule has 1 heterocycles. The topological polar surface area (TPSA) is 67.9 Å². The molecule has 1 aliphatic heterocycles. The standard InChI is InChI=1S/C10H18N2O4/c1-15-9(13)7-8(10(14)16-2)12-5-3-11-4-6-12/h8,11H,3-7H2,1-2H3. The summed E-state index contributed by atoms with van der Waals surface area (Å²) in [4.78, 5) is 24.7. The molecular formula is C10H18N2O4. The van der Waals surface area contributed by atoms with Crippen LogP contribution < -0.4 is 5.32 Å². The summed E-state index contributed by atoms with van der Waals surface area (Å²) in [7, 11) is 2.64. The van der Waals surface area contributed by atoms with Crippen molar-refractivity contribution in [3.8, 4) is 0 Å². The van der Waals surface area contributed by atoms with Gasteiger partial charge in [-0.25, -0.2) is 0 Å². The van der Waals surface area contributed by atoms with Crippen molar-refractivity contribution in [3.05, 3.63) is 0 Å². The highest BCUT2D eigenvalue weighted by Crippen LogP contribution is 2.08. The van der Waals surface area contributed by atoms with E-state index in [-0.39, 0.29) is 12.4 Å². The van der Waals surface area contributed by atoms with Crippen molar-refractivity contribution >= 4 is 11.9 Å². The van der Waals surface area contributed by atoms with Crippen LogP contribution in [0.2, 0.25) is 0 Å². The van der Waals surface area contributed by atoms with Crippen LogP contribution in [0.5, 0.6) is 0 Å². The van der Waals surface area contributed by atoms with Gasteiger partial charge in [-0.15, -0.1) is 0 Å². The van der Waals surface area contributed by atoms with Crippen molar-refractivity contribution in [2.24, 2.45) is 0 Å². The van der Waals surface area contributed by atoms with Gasteiger partial charge in [0, 0.05) is 26.2 Å². The van der Waals surface area contributed by atoms with Crippen molar-refractivity contribution in [1.29, 1.82) is 0 Å². The molecule has 1 aliphatic rings. The lowest BCUT2D eigenvalue weighted by Crippen LogP contribution is -2.52. The molecule has 1 rings (SSSR count). The van der Waals surface area contributed by atoms with Crippen LogP contribution in [0.15, 0.2) is 0 Å². The SMILES string of the molecule is COC(=O)CC(C(=O)OC)N1CCNCC1. The van der Waals surface area contributed by atoms with Gasteiger partial charge in [-0.2, -0.15) is 0 Å². The maximum absolute atomic E-state index is 11.6. The van der Waals surface area contributed by atoms with Gasteiger partial charge in [0.25, 0.3) is 0 Å². The highest BCUT2D eigenvalue weighted by molar-refractivity contribution is 5.82. The van der Waals surface area contributed by atoms with Crippen LogP contribution in [0, 0.1) is 0 Å². The number of ether oxygens (including phenoxy) is 2. The van der Waals surface area contributed by atoms with Gasteiger partial charge in [-0.1, -0.05) is 0 Å². The lowest BCUT2D eigenvalue weighted by molar-refractivity contribution is -0.153. The van der Waals surface area contributed by atoms with Gasteiger partial charge in [-0.05, 0) is 0 Å². The highest BCUT2D eigenvalue weighted by Gasteiger charge is 2.30. The largest absolute Gasteiger partial charge is 0.469 e. The summed E-state index contributed by atoms with van der Waals surface area (Å²) in [6.45, 7) is 3.09. The van der Waals surface area contributed by atoms with E-state index in [4.69, 9.17) is 4.74 Å². The number of methoxy groups -OCH3 is 2. The molecule has 92 valence electrons. The Morgan fingerprint density at radius 2 is 1.88 bits per heavy atom. The number of rotatable bonds is 4. The lowest BCUT2D eigenvalue weighted by Gasteiger charge is -2.32. The summed E-state index contributed by atoms with van der Waals surface area (Å²) in [5.74, 6) is -0.777. The molecule has 6 nitrogen and oxygen atoms in total. The van der Waals surface area contributed by atoms with Gasteiger partial charge in [0.2, 0.25) is 0 Å². The fraction of sp³-hybridized carbons (Fsp3) is 0.800. The van der Waals surface area contributed by atoms with Crippen LogP contribution >= 0.6 is 0 Å². The van der Waals surface area contributed by atoms with Crippen molar-refractivity contribution in [3.63, 3.8) is 0 Å². The quantitative estimate of drug-likeness (QED) is 0.625. The fourth-order valence-corrected chi connectivity index (χ4v) is 1.73. The maximum Gasteiger partial charge on any atom is 0.323 e. The van der Waals surface area contributed by atoms with Crippen LogP contribution in [0.25, 0.3) is 0 Å². The molecule has 0 aromatic carbocycles. The zero-order valence-corrected chi connectivity index (χ0v) is 9.69. The number of nitrogens with zero attached hydrogens (tertiary/aromatic N) is 1. The Morgan fingerprint density at radius 3 is 2.38 bits per heavy atom. The molecule has 1 unspecified atom stereocenters. The molecule has 0 spiro atoms. The lowest BCUT2D eigenvalue weighted by atomic mass is 10.1. The molecule has 1 saturated heterocycles. The van der Waals surface area contributed by atoms with Gasteiger partial charge < -0.3 is 14.8 Å². The van der Waals surface area contributed by atoms with Crippen LogP contribution in [-0.2, 0) is 19.1 Å².